The zero-order chi connectivity index (χ0) is 14.5. The van der Waals surface area contributed by atoms with Crippen molar-refractivity contribution >= 4 is 5.91 Å². The maximum absolute atomic E-state index is 12.3. The minimum atomic E-state index is -0.127. The van der Waals surface area contributed by atoms with Crippen molar-refractivity contribution in [3.05, 3.63) is 30.6 Å². The molecule has 0 aliphatic heterocycles. The molecule has 0 unspecified atom stereocenters. The highest BCUT2D eigenvalue weighted by atomic mass is 16.2. The SMILES string of the molecule is CCn1cnnc1CN(C)C(=O)[C@@H](C)Cn1cccn1. The molecule has 1 atom stereocenters. The van der Waals surface area contributed by atoms with Gasteiger partial charge in [0, 0.05) is 26.0 Å². The molecule has 0 aliphatic carbocycles. The van der Waals surface area contributed by atoms with Crippen LogP contribution in [-0.4, -0.2) is 42.4 Å². The van der Waals surface area contributed by atoms with Crippen LogP contribution in [-0.2, 0) is 24.4 Å². The van der Waals surface area contributed by atoms with Gasteiger partial charge in [-0.2, -0.15) is 5.10 Å². The van der Waals surface area contributed by atoms with Crippen molar-refractivity contribution in [1.29, 1.82) is 0 Å². The van der Waals surface area contributed by atoms with Gasteiger partial charge in [0.2, 0.25) is 5.91 Å². The third-order valence-corrected chi connectivity index (χ3v) is 3.23. The van der Waals surface area contributed by atoms with Gasteiger partial charge in [0.25, 0.3) is 0 Å². The van der Waals surface area contributed by atoms with Gasteiger partial charge in [-0.3, -0.25) is 9.48 Å². The molecular formula is C13H20N6O. The zero-order valence-corrected chi connectivity index (χ0v) is 12.1. The second-order valence-corrected chi connectivity index (χ2v) is 4.86. The largest absolute Gasteiger partial charge is 0.338 e. The maximum Gasteiger partial charge on any atom is 0.227 e. The number of aryl methyl sites for hydroxylation is 1. The van der Waals surface area contributed by atoms with Crippen LogP contribution in [0, 0.1) is 5.92 Å². The summed E-state index contributed by atoms with van der Waals surface area (Å²) in [7, 11) is 1.79. The van der Waals surface area contributed by atoms with Crippen LogP contribution < -0.4 is 0 Å². The summed E-state index contributed by atoms with van der Waals surface area (Å²) in [4.78, 5) is 14.0. The lowest BCUT2D eigenvalue weighted by Gasteiger charge is -2.21. The van der Waals surface area contributed by atoms with E-state index in [4.69, 9.17) is 0 Å². The fourth-order valence-corrected chi connectivity index (χ4v) is 2.10. The van der Waals surface area contributed by atoms with Crippen LogP contribution in [0.3, 0.4) is 0 Å². The van der Waals surface area contributed by atoms with Gasteiger partial charge in [-0.05, 0) is 13.0 Å². The van der Waals surface area contributed by atoms with Crippen LogP contribution >= 0.6 is 0 Å². The molecule has 108 valence electrons. The van der Waals surface area contributed by atoms with Crippen LogP contribution in [0.15, 0.2) is 24.8 Å². The van der Waals surface area contributed by atoms with Crippen LogP contribution in [0.5, 0.6) is 0 Å². The Labute approximate surface area is 118 Å². The predicted octanol–water partition coefficient (Wildman–Crippen LogP) is 0.789. The van der Waals surface area contributed by atoms with E-state index in [0.29, 0.717) is 13.1 Å². The lowest BCUT2D eigenvalue weighted by atomic mass is 10.1. The molecule has 0 fully saturated rings. The summed E-state index contributed by atoms with van der Waals surface area (Å²) >= 11 is 0. The highest BCUT2D eigenvalue weighted by molar-refractivity contribution is 5.78. The molecule has 2 aromatic heterocycles. The van der Waals surface area contributed by atoms with Gasteiger partial charge < -0.3 is 9.47 Å². The standard InChI is InChI=1S/C13H20N6O/c1-4-18-10-14-16-12(18)9-17(3)13(20)11(2)8-19-7-5-6-15-19/h5-7,10-11H,4,8-9H2,1-3H3/t11-/m0/s1. The predicted molar refractivity (Wildman–Crippen MR) is 73.6 cm³/mol. The molecule has 0 radical (unpaired) electrons. The molecule has 7 nitrogen and oxygen atoms in total. The van der Waals surface area contributed by atoms with Gasteiger partial charge in [-0.1, -0.05) is 6.92 Å². The average Bonchev–Trinajstić information content (AvgIpc) is 3.08. The minimum absolute atomic E-state index is 0.0751. The Kier molecular flexibility index (Phi) is 4.49. The number of rotatable bonds is 6. The molecule has 2 rings (SSSR count). The van der Waals surface area contributed by atoms with Crippen molar-refractivity contribution in [3.8, 4) is 0 Å². The Morgan fingerprint density at radius 1 is 1.50 bits per heavy atom. The summed E-state index contributed by atoms with van der Waals surface area (Å²) in [6, 6.07) is 1.85. The fraction of sp³-hybridized carbons (Fsp3) is 0.538. The van der Waals surface area contributed by atoms with E-state index in [1.165, 1.54) is 0 Å². The smallest absolute Gasteiger partial charge is 0.227 e. The number of hydrogen-bond donors (Lipinski definition) is 0. The third kappa shape index (κ3) is 3.23. The molecule has 0 aliphatic rings. The molecule has 0 spiro atoms. The molecule has 2 heterocycles. The summed E-state index contributed by atoms with van der Waals surface area (Å²) < 4.78 is 3.70. The number of nitrogens with zero attached hydrogens (tertiary/aromatic N) is 6. The number of carbonyl (C=O) groups excluding carboxylic acids is 1. The molecule has 20 heavy (non-hydrogen) atoms. The molecule has 0 saturated carbocycles. The van der Waals surface area contributed by atoms with E-state index in [-0.39, 0.29) is 11.8 Å². The Balaban J connectivity index is 1.94. The highest BCUT2D eigenvalue weighted by Gasteiger charge is 2.19. The lowest BCUT2D eigenvalue weighted by molar-refractivity contribution is -0.134. The van der Waals surface area contributed by atoms with E-state index in [1.807, 2.05) is 30.7 Å². The van der Waals surface area contributed by atoms with Crippen molar-refractivity contribution in [2.45, 2.75) is 33.5 Å². The van der Waals surface area contributed by atoms with Gasteiger partial charge in [0.1, 0.15) is 6.33 Å². The summed E-state index contributed by atoms with van der Waals surface area (Å²) in [6.45, 7) is 5.78. The van der Waals surface area contributed by atoms with Gasteiger partial charge in [-0.15, -0.1) is 10.2 Å². The van der Waals surface area contributed by atoms with Crippen molar-refractivity contribution in [1.82, 2.24) is 29.4 Å². The summed E-state index contributed by atoms with van der Waals surface area (Å²) in [5.41, 5.74) is 0. The van der Waals surface area contributed by atoms with Gasteiger partial charge in [0.15, 0.2) is 5.82 Å². The summed E-state index contributed by atoms with van der Waals surface area (Å²) in [5, 5.41) is 12.0. The second-order valence-electron chi connectivity index (χ2n) is 4.86. The second kappa shape index (κ2) is 6.31. The quantitative estimate of drug-likeness (QED) is 0.782. The average molecular weight is 276 g/mol. The van der Waals surface area contributed by atoms with Gasteiger partial charge in [0.05, 0.1) is 19.0 Å². The van der Waals surface area contributed by atoms with Crippen molar-refractivity contribution in [2.75, 3.05) is 7.05 Å². The summed E-state index contributed by atoms with van der Waals surface area (Å²) in [6.07, 6.45) is 5.25. The molecule has 1 amide bonds. The van der Waals surface area contributed by atoms with Crippen molar-refractivity contribution in [2.24, 2.45) is 5.92 Å². The van der Waals surface area contributed by atoms with E-state index < -0.39 is 0 Å². The first-order chi connectivity index (χ1) is 9.61. The van der Waals surface area contributed by atoms with Gasteiger partial charge in [-0.25, -0.2) is 0 Å². The van der Waals surface area contributed by atoms with Crippen LogP contribution in [0.2, 0.25) is 0 Å². The molecule has 0 N–H and O–H groups in total. The monoisotopic (exact) mass is 276 g/mol. The molecule has 0 bridgehead atoms. The highest BCUT2D eigenvalue weighted by Crippen LogP contribution is 2.07. The van der Waals surface area contributed by atoms with E-state index in [0.717, 1.165) is 12.4 Å². The van der Waals surface area contributed by atoms with Crippen molar-refractivity contribution in [3.63, 3.8) is 0 Å². The number of aromatic nitrogens is 5. The first-order valence-corrected chi connectivity index (χ1v) is 6.71. The molecule has 0 aromatic carbocycles. The Morgan fingerprint density at radius 2 is 2.30 bits per heavy atom. The van der Waals surface area contributed by atoms with Gasteiger partial charge >= 0.3 is 0 Å². The normalized spacial score (nSPS) is 12.3. The Hall–Kier alpha value is -2.18. The van der Waals surface area contributed by atoms with E-state index in [1.54, 1.807) is 29.2 Å². The molecule has 0 saturated heterocycles. The number of hydrogen-bond acceptors (Lipinski definition) is 4. The van der Waals surface area contributed by atoms with Crippen LogP contribution in [0.25, 0.3) is 0 Å². The van der Waals surface area contributed by atoms with Crippen LogP contribution in [0.4, 0.5) is 0 Å². The maximum atomic E-state index is 12.3. The minimum Gasteiger partial charge on any atom is -0.338 e. The summed E-state index contributed by atoms with van der Waals surface area (Å²) in [5.74, 6) is 0.749. The first kappa shape index (κ1) is 14.2. The zero-order valence-electron chi connectivity index (χ0n) is 12.1. The topological polar surface area (TPSA) is 68.8 Å². The van der Waals surface area contributed by atoms with Crippen LogP contribution in [0.1, 0.15) is 19.7 Å². The van der Waals surface area contributed by atoms with Crippen molar-refractivity contribution < 1.29 is 4.79 Å². The van der Waals surface area contributed by atoms with E-state index in [2.05, 4.69) is 15.3 Å². The molecule has 7 heteroatoms. The van der Waals surface area contributed by atoms with E-state index >= 15 is 0 Å². The van der Waals surface area contributed by atoms with E-state index in [9.17, 15) is 4.79 Å². The first-order valence-electron chi connectivity index (χ1n) is 6.71. The third-order valence-electron chi connectivity index (χ3n) is 3.23. The Bertz CT molecular complexity index is 547. The Morgan fingerprint density at radius 3 is 2.95 bits per heavy atom. The number of carbonyl (C=O) groups is 1. The number of amides is 1. The fourth-order valence-electron chi connectivity index (χ4n) is 2.10. The molecule has 2 aromatic rings. The molecular weight excluding hydrogens is 256 g/mol. The lowest BCUT2D eigenvalue weighted by Crippen LogP contribution is -2.34.